The Kier molecular flexibility index (Phi) is 5.40. The molecule has 0 atom stereocenters. The van der Waals surface area contributed by atoms with Gasteiger partial charge in [0.2, 0.25) is 0 Å². The van der Waals surface area contributed by atoms with Crippen molar-refractivity contribution in [2.24, 2.45) is 0 Å². The van der Waals surface area contributed by atoms with Gasteiger partial charge in [0, 0.05) is 0 Å². The molecule has 0 saturated heterocycles. The highest BCUT2D eigenvalue weighted by Crippen LogP contribution is 2.33. The van der Waals surface area contributed by atoms with Crippen molar-refractivity contribution in [3.8, 4) is 11.1 Å². The summed E-state index contributed by atoms with van der Waals surface area (Å²) >= 11 is 0. The smallest absolute Gasteiger partial charge is 0.123 e. The predicted molar refractivity (Wildman–Crippen MR) is 114 cm³/mol. The minimum Gasteiger partial charge on any atom is -0.376 e. The maximum atomic E-state index is 14.1. The standard InChI is InChI=1S/C26H25FO/c1-18-7-6-10-25(20-8-4-3-5-9-20)26(18)19(2)11-12-21-15-23(27)16-22-17-28-14-13-24(21)22/h3-10,15-16H,2,11-14,17H2,1H3. The van der Waals surface area contributed by atoms with Crippen molar-refractivity contribution in [3.05, 3.63) is 101 Å². The van der Waals surface area contributed by atoms with Crippen molar-refractivity contribution in [1.29, 1.82) is 0 Å². The van der Waals surface area contributed by atoms with Crippen molar-refractivity contribution in [2.45, 2.75) is 32.8 Å². The van der Waals surface area contributed by atoms with E-state index < -0.39 is 0 Å². The van der Waals surface area contributed by atoms with Crippen LogP contribution in [0.3, 0.4) is 0 Å². The molecule has 0 aromatic heterocycles. The van der Waals surface area contributed by atoms with E-state index in [0.29, 0.717) is 13.2 Å². The van der Waals surface area contributed by atoms with Crippen LogP contribution in [0.25, 0.3) is 16.7 Å². The minimum absolute atomic E-state index is 0.175. The van der Waals surface area contributed by atoms with Crippen molar-refractivity contribution in [2.75, 3.05) is 6.61 Å². The highest BCUT2D eigenvalue weighted by Gasteiger charge is 2.17. The Labute approximate surface area is 166 Å². The third kappa shape index (κ3) is 3.79. The van der Waals surface area contributed by atoms with Gasteiger partial charge in [-0.05, 0) is 82.8 Å². The summed E-state index contributed by atoms with van der Waals surface area (Å²) in [5.74, 6) is -0.175. The van der Waals surface area contributed by atoms with Crippen LogP contribution >= 0.6 is 0 Å². The molecule has 0 fully saturated rings. The molecule has 0 spiro atoms. The second-order valence-electron chi connectivity index (χ2n) is 7.47. The fraction of sp³-hybridized carbons (Fsp3) is 0.231. The SMILES string of the molecule is C=C(CCc1cc(F)cc2c1CCOC2)c1c(C)cccc1-c1ccccc1. The Morgan fingerprint density at radius 1 is 1.07 bits per heavy atom. The van der Waals surface area contributed by atoms with E-state index in [0.717, 1.165) is 36.0 Å². The Morgan fingerprint density at radius 2 is 1.89 bits per heavy atom. The summed E-state index contributed by atoms with van der Waals surface area (Å²) in [5, 5.41) is 0. The largest absolute Gasteiger partial charge is 0.376 e. The van der Waals surface area contributed by atoms with Crippen LogP contribution in [0.5, 0.6) is 0 Å². The summed E-state index contributed by atoms with van der Waals surface area (Å²) in [6.07, 6.45) is 2.46. The van der Waals surface area contributed by atoms with Crippen LogP contribution in [0.1, 0.15) is 34.2 Å². The first kappa shape index (κ1) is 18.6. The number of hydrogen-bond acceptors (Lipinski definition) is 1. The van der Waals surface area contributed by atoms with Gasteiger partial charge in [-0.25, -0.2) is 4.39 Å². The summed E-state index contributed by atoms with van der Waals surface area (Å²) in [6, 6.07) is 20.1. The number of ether oxygens (including phenoxy) is 1. The molecule has 1 nitrogen and oxygen atoms in total. The number of aryl methyl sites for hydroxylation is 2. The molecule has 0 saturated carbocycles. The maximum absolute atomic E-state index is 14.1. The maximum Gasteiger partial charge on any atom is 0.123 e. The van der Waals surface area contributed by atoms with Crippen molar-refractivity contribution >= 4 is 5.57 Å². The molecule has 1 aliphatic rings. The van der Waals surface area contributed by atoms with Gasteiger partial charge in [-0.15, -0.1) is 0 Å². The normalized spacial score (nSPS) is 13.2. The Balaban J connectivity index is 1.62. The summed E-state index contributed by atoms with van der Waals surface area (Å²) in [6.45, 7) is 7.76. The zero-order valence-electron chi connectivity index (χ0n) is 16.3. The van der Waals surface area contributed by atoms with Crippen molar-refractivity contribution < 1.29 is 9.13 Å². The molecular formula is C26H25FO. The van der Waals surface area contributed by atoms with E-state index in [4.69, 9.17) is 4.74 Å². The highest BCUT2D eigenvalue weighted by molar-refractivity contribution is 5.82. The molecule has 142 valence electrons. The molecule has 0 N–H and O–H groups in total. The quantitative estimate of drug-likeness (QED) is 0.495. The number of benzene rings is 3. The first-order chi connectivity index (χ1) is 13.6. The van der Waals surface area contributed by atoms with Crippen LogP contribution in [0.2, 0.25) is 0 Å². The van der Waals surface area contributed by atoms with E-state index in [1.54, 1.807) is 12.1 Å². The van der Waals surface area contributed by atoms with Gasteiger partial charge in [0.15, 0.2) is 0 Å². The molecule has 0 amide bonds. The van der Waals surface area contributed by atoms with Crippen LogP contribution in [-0.2, 0) is 24.2 Å². The monoisotopic (exact) mass is 372 g/mol. The van der Waals surface area contributed by atoms with Gasteiger partial charge in [0.05, 0.1) is 13.2 Å². The summed E-state index contributed by atoms with van der Waals surface area (Å²) in [5.41, 5.74) is 9.28. The van der Waals surface area contributed by atoms with E-state index in [1.807, 2.05) is 6.07 Å². The fourth-order valence-electron chi connectivity index (χ4n) is 4.19. The lowest BCUT2D eigenvalue weighted by Crippen LogP contribution is -2.13. The van der Waals surface area contributed by atoms with Gasteiger partial charge < -0.3 is 4.74 Å². The third-order valence-corrected chi connectivity index (χ3v) is 5.56. The van der Waals surface area contributed by atoms with E-state index in [-0.39, 0.29) is 5.82 Å². The van der Waals surface area contributed by atoms with Gasteiger partial charge >= 0.3 is 0 Å². The van der Waals surface area contributed by atoms with E-state index in [2.05, 4.69) is 56.0 Å². The lowest BCUT2D eigenvalue weighted by Gasteiger charge is -2.21. The van der Waals surface area contributed by atoms with Crippen molar-refractivity contribution in [1.82, 2.24) is 0 Å². The number of halogens is 1. The molecule has 1 heterocycles. The Bertz CT molecular complexity index is 1000. The van der Waals surface area contributed by atoms with Crippen molar-refractivity contribution in [3.63, 3.8) is 0 Å². The summed E-state index contributed by atoms with van der Waals surface area (Å²) in [7, 11) is 0. The Hall–Kier alpha value is -2.71. The lowest BCUT2D eigenvalue weighted by atomic mass is 9.87. The van der Waals surface area contributed by atoms with Gasteiger partial charge in [-0.3, -0.25) is 0 Å². The van der Waals surface area contributed by atoms with Crippen LogP contribution < -0.4 is 0 Å². The second kappa shape index (κ2) is 8.12. The van der Waals surface area contributed by atoms with Crippen LogP contribution in [0.15, 0.2) is 67.2 Å². The molecule has 3 aromatic rings. The molecule has 3 aromatic carbocycles. The molecule has 2 heteroatoms. The highest BCUT2D eigenvalue weighted by atomic mass is 19.1. The zero-order chi connectivity index (χ0) is 19.5. The van der Waals surface area contributed by atoms with E-state index >= 15 is 0 Å². The second-order valence-corrected chi connectivity index (χ2v) is 7.47. The molecule has 0 bridgehead atoms. The first-order valence-corrected chi connectivity index (χ1v) is 9.84. The molecule has 28 heavy (non-hydrogen) atoms. The fourth-order valence-corrected chi connectivity index (χ4v) is 4.19. The lowest BCUT2D eigenvalue weighted by molar-refractivity contribution is 0.110. The summed E-state index contributed by atoms with van der Waals surface area (Å²) in [4.78, 5) is 0. The number of hydrogen-bond donors (Lipinski definition) is 0. The Morgan fingerprint density at radius 3 is 2.71 bits per heavy atom. The molecule has 0 aliphatic carbocycles. The van der Waals surface area contributed by atoms with E-state index in [9.17, 15) is 4.39 Å². The average molecular weight is 372 g/mol. The topological polar surface area (TPSA) is 9.23 Å². The molecular weight excluding hydrogens is 347 g/mol. The number of allylic oxidation sites excluding steroid dienone is 1. The van der Waals surface area contributed by atoms with Crippen LogP contribution in [0.4, 0.5) is 4.39 Å². The minimum atomic E-state index is -0.175. The molecule has 1 aliphatic heterocycles. The first-order valence-electron chi connectivity index (χ1n) is 9.84. The average Bonchev–Trinajstić information content (AvgIpc) is 2.72. The van der Waals surface area contributed by atoms with Crippen LogP contribution in [-0.4, -0.2) is 6.61 Å². The summed E-state index contributed by atoms with van der Waals surface area (Å²) < 4.78 is 19.6. The third-order valence-electron chi connectivity index (χ3n) is 5.56. The molecule has 4 rings (SSSR count). The van der Waals surface area contributed by atoms with Gasteiger partial charge in [0.1, 0.15) is 5.82 Å². The number of rotatable bonds is 5. The van der Waals surface area contributed by atoms with Gasteiger partial charge in [-0.2, -0.15) is 0 Å². The number of fused-ring (bicyclic) bond motifs is 1. The van der Waals surface area contributed by atoms with Gasteiger partial charge in [-0.1, -0.05) is 55.1 Å². The van der Waals surface area contributed by atoms with E-state index in [1.165, 1.54) is 27.8 Å². The molecule has 0 unspecified atom stereocenters. The molecule has 0 radical (unpaired) electrons. The zero-order valence-corrected chi connectivity index (χ0v) is 16.3. The predicted octanol–water partition coefficient (Wildman–Crippen LogP) is 6.52. The van der Waals surface area contributed by atoms with Gasteiger partial charge in [0.25, 0.3) is 0 Å². The van der Waals surface area contributed by atoms with Crippen LogP contribution in [0, 0.1) is 12.7 Å².